The molecule has 0 bridgehead atoms. The maximum Gasteiger partial charge on any atom is 0.225 e. The van der Waals surface area contributed by atoms with Gasteiger partial charge in [-0.15, -0.1) is 0 Å². The van der Waals surface area contributed by atoms with E-state index in [1.165, 1.54) is 6.26 Å². The molecule has 40 heavy (non-hydrogen) atoms. The number of hydrogen-bond acceptors (Lipinski definition) is 8. The molecule has 0 spiro atoms. The highest BCUT2D eigenvalue weighted by atomic mass is 32.2. The number of rotatable bonds is 6. The van der Waals surface area contributed by atoms with Crippen molar-refractivity contribution in [2.45, 2.75) is 43.2 Å². The van der Waals surface area contributed by atoms with E-state index in [2.05, 4.69) is 24.6 Å². The van der Waals surface area contributed by atoms with Gasteiger partial charge in [-0.3, -0.25) is 14.7 Å². The largest absolute Gasteiger partial charge is 0.342 e. The van der Waals surface area contributed by atoms with Crippen LogP contribution in [0.4, 0.5) is 0 Å². The molecule has 1 amide bonds. The summed E-state index contributed by atoms with van der Waals surface area (Å²) < 4.78 is 26.5. The fourth-order valence-corrected chi connectivity index (χ4v) is 6.61. The van der Waals surface area contributed by atoms with E-state index in [0.29, 0.717) is 18.6 Å². The summed E-state index contributed by atoms with van der Waals surface area (Å²) in [6.07, 6.45) is 9.81. The summed E-state index contributed by atoms with van der Waals surface area (Å²) in [6.45, 7) is 4.02. The first-order chi connectivity index (χ1) is 19.4. The van der Waals surface area contributed by atoms with Crippen molar-refractivity contribution in [1.29, 1.82) is 0 Å². The Hall–Kier alpha value is -3.70. The second-order valence-electron chi connectivity index (χ2n) is 10.8. The molecule has 0 saturated carbocycles. The molecule has 2 saturated heterocycles. The Morgan fingerprint density at radius 3 is 2.42 bits per heavy atom. The van der Waals surface area contributed by atoms with E-state index >= 15 is 0 Å². The SMILES string of the molecule is CS(=O)(=O)c1ccc2c(c1)nc(-c1ccccn1)n2C1CCN(C(=O)C2CCN(Cc3ccnnc3)CC2)CC1. The van der Waals surface area contributed by atoms with Crippen molar-refractivity contribution < 1.29 is 13.2 Å². The van der Waals surface area contributed by atoms with Gasteiger partial charge in [-0.1, -0.05) is 6.07 Å². The molecule has 11 heteroatoms. The van der Waals surface area contributed by atoms with Gasteiger partial charge in [0.25, 0.3) is 0 Å². The number of aromatic nitrogens is 5. The number of likely N-dealkylation sites (tertiary alicyclic amines) is 2. The number of benzene rings is 1. The zero-order valence-electron chi connectivity index (χ0n) is 22.6. The smallest absolute Gasteiger partial charge is 0.225 e. The standard InChI is InChI=1S/C29H33N7O3S/c1-40(38,39)24-5-6-27-26(18-24)33-28(25-4-2-3-12-30-25)36(27)23-10-16-35(17-11-23)29(37)22-8-14-34(15-9-22)20-21-7-13-31-32-19-21/h2-7,12-13,18-19,22-23H,8-11,14-17,20H2,1H3. The summed E-state index contributed by atoms with van der Waals surface area (Å²) >= 11 is 0. The maximum atomic E-state index is 13.4. The van der Waals surface area contributed by atoms with E-state index in [-0.39, 0.29) is 22.8 Å². The topological polar surface area (TPSA) is 114 Å². The fourth-order valence-electron chi connectivity index (χ4n) is 5.97. The average molecular weight is 560 g/mol. The molecule has 0 N–H and O–H groups in total. The van der Waals surface area contributed by atoms with Crippen molar-refractivity contribution in [3.8, 4) is 11.5 Å². The van der Waals surface area contributed by atoms with E-state index in [9.17, 15) is 13.2 Å². The number of fused-ring (bicyclic) bond motifs is 1. The normalized spacial score (nSPS) is 17.9. The van der Waals surface area contributed by atoms with Crippen molar-refractivity contribution in [3.05, 3.63) is 66.6 Å². The molecule has 3 aromatic heterocycles. The Kier molecular flexibility index (Phi) is 7.33. The van der Waals surface area contributed by atoms with Crippen LogP contribution in [0.3, 0.4) is 0 Å². The number of hydrogen-bond donors (Lipinski definition) is 0. The number of carbonyl (C=O) groups excluding carboxylic acids is 1. The molecule has 2 aliphatic heterocycles. The predicted molar refractivity (Wildman–Crippen MR) is 151 cm³/mol. The van der Waals surface area contributed by atoms with Crippen LogP contribution in [0.25, 0.3) is 22.6 Å². The van der Waals surface area contributed by atoms with Gasteiger partial charge in [0.2, 0.25) is 5.91 Å². The van der Waals surface area contributed by atoms with Crippen molar-refractivity contribution in [1.82, 2.24) is 34.5 Å². The minimum Gasteiger partial charge on any atom is -0.342 e. The highest BCUT2D eigenvalue weighted by molar-refractivity contribution is 7.90. The molecule has 0 unspecified atom stereocenters. The van der Waals surface area contributed by atoms with Gasteiger partial charge in [0.1, 0.15) is 5.69 Å². The van der Waals surface area contributed by atoms with Gasteiger partial charge in [0.05, 0.1) is 22.1 Å². The third-order valence-electron chi connectivity index (χ3n) is 8.11. The van der Waals surface area contributed by atoms with Crippen molar-refractivity contribution in [2.75, 3.05) is 32.4 Å². The third kappa shape index (κ3) is 5.48. The van der Waals surface area contributed by atoms with Crippen LogP contribution in [0.2, 0.25) is 0 Å². The number of sulfone groups is 1. The zero-order valence-corrected chi connectivity index (χ0v) is 23.4. The molecule has 208 valence electrons. The molecule has 2 aliphatic rings. The lowest BCUT2D eigenvalue weighted by Crippen LogP contribution is -2.45. The first-order valence-corrected chi connectivity index (χ1v) is 15.7. The maximum absolute atomic E-state index is 13.4. The Balaban J connectivity index is 1.15. The summed E-state index contributed by atoms with van der Waals surface area (Å²) in [4.78, 5) is 27.5. The summed E-state index contributed by atoms with van der Waals surface area (Å²) in [7, 11) is -3.35. The monoisotopic (exact) mass is 559 g/mol. The predicted octanol–water partition coefficient (Wildman–Crippen LogP) is 3.37. The first-order valence-electron chi connectivity index (χ1n) is 13.8. The van der Waals surface area contributed by atoms with E-state index in [0.717, 1.165) is 67.9 Å². The van der Waals surface area contributed by atoms with Crippen molar-refractivity contribution in [3.63, 3.8) is 0 Å². The minimum absolute atomic E-state index is 0.0657. The zero-order chi connectivity index (χ0) is 27.7. The average Bonchev–Trinajstić information content (AvgIpc) is 3.37. The van der Waals surface area contributed by atoms with Gasteiger partial charge < -0.3 is 9.47 Å². The Morgan fingerprint density at radius 1 is 0.950 bits per heavy atom. The summed E-state index contributed by atoms with van der Waals surface area (Å²) in [5, 5.41) is 7.81. The molecule has 0 atom stereocenters. The Bertz CT molecular complexity index is 1590. The van der Waals surface area contributed by atoms with Crippen LogP contribution in [-0.4, -0.2) is 81.3 Å². The van der Waals surface area contributed by atoms with Gasteiger partial charge in [-0.25, -0.2) is 13.4 Å². The van der Waals surface area contributed by atoms with E-state index in [4.69, 9.17) is 4.98 Å². The molecule has 4 aromatic rings. The lowest BCUT2D eigenvalue weighted by molar-refractivity contribution is -0.138. The van der Waals surface area contributed by atoms with E-state index in [1.54, 1.807) is 30.7 Å². The fraction of sp³-hybridized carbons (Fsp3) is 0.414. The van der Waals surface area contributed by atoms with Gasteiger partial charge in [-0.05, 0) is 80.7 Å². The second kappa shape index (κ2) is 11.1. The molecule has 6 rings (SSSR count). The number of imidazole rings is 1. The van der Waals surface area contributed by atoms with Crippen LogP contribution >= 0.6 is 0 Å². The van der Waals surface area contributed by atoms with Crippen molar-refractivity contribution in [2.24, 2.45) is 5.92 Å². The van der Waals surface area contributed by atoms with Crippen LogP contribution in [0.5, 0.6) is 0 Å². The number of carbonyl (C=O) groups is 1. The second-order valence-corrected chi connectivity index (χ2v) is 12.8. The number of nitrogens with zero attached hydrogens (tertiary/aromatic N) is 7. The van der Waals surface area contributed by atoms with E-state index < -0.39 is 9.84 Å². The van der Waals surface area contributed by atoms with Crippen LogP contribution in [-0.2, 0) is 21.2 Å². The number of pyridine rings is 1. The first kappa shape index (κ1) is 26.5. The summed E-state index contributed by atoms with van der Waals surface area (Å²) in [5.74, 6) is 1.06. The highest BCUT2D eigenvalue weighted by Crippen LogP contribution is 2.34. The lowest BCUT2D eigenvalue weighted by atomic mass is 9.93. The van der Waals surface area contributed by atoms with Crippen LogP contribution in [0.1, 0.15) is 37.3 Å². The van der Waals surface area contributed by atoms with Crippen LogP contribution < -0.4 is 0 Å². The molecule has 10 nitrogen and oxygen atoms in total. The van der Waals surface area contributed by atoms with Crippen LogP contribution in [0.15, 0.2) is 66.0 Å². The number of amides is 1. The van der Waals surface area contributed by atoms with E-state index in [1.807, 2.05) is 35.2 Å². The van der Waals surface area contributed by atoms with Crippen molar-refractivity contribution >= 4 is 26.8 Å². The lowest BCUT2D eigenvalue weighted by Gasteiger charge is -2.38. The summed E-state index contributed by atoms with van der Waals surface area (Å²) in [5.41, 5.74) is 3.41. The molecule has 1 aromatic carbocycles. The highest BCUT2D eigenvalue weighted by Gasteiger charge is 2.32. The van der Waals surface area contributed by atoms with Gasteiger partial charge in [0.15, 0.2) is 15.7 Å². The molecule has 2 fully saturated rings. The minimum atomic E-state index is -3.35. The van der Waals surface area contributed by atoms with Gasteiger partial charge in [-0.2, -0.15) is 10.2 Å². The molecular weight excluding hydrogens is 526 g/mol. The Labute approximate surface area is 234 Å². The molecule has 5 heterocycles. The van der Waals surface area contributed by atoms with Gasteiger partial charge in [0, 0.05) is 50.2 Å². The molecule has 0 radical (unpaired) electrons. The quantitative estimate of drug-likeness (QED) is 0.353. The third-order valence-corrected chi connectivity index (χ3v) is 9.22. The number of piperidine rings is 2. The van der Waals surface area contributed by atoms with Crippen LogP contribution in [0, 0.1) is 5.92 Å². The Morgan fingerprint density at radius 2 is 1.75 bits per heavy atom. The van der Waals surface area contributed by atoms with Gasteiger partial charge >= 0.3 is 0 Å². The molecule has 0 aliphatic carbocycles. The summed E-state index contributed by atoms with van der Waals surface area (Å²) in [6, 6.07) is 13.0. The molecular formula is C29H33N7O3S.